The molecule has 0 bridgehead atoms. The second kappa shape index (κ2) is 31.3. The van der Waals surface area contributed by atoms with E-state index >= 15 is 0 Å². The summed E-state index contributed by atoms with van der Waals surface area (Å²) in [6, 6.07) is -7.08. The van der Waals surface area contributed by atoms with E-state index in [0.29, 0.717) is 6.42 Å². The number of amides is 6. The molecule has 0 rings (SSSR count). The van der Waals surface area contributed by atoms with E-state index in [4.69, 9.17) is 5.11 Å². The Hall–Kier alpha value is -4.57. The lowest BCUT2D eigenvalue weighted by Crippen LogP contribution is -2.61. The van der Waals surface area contributed by atoms with E-state index in [1.165, 1.54) is 71.6 Å². The molecule has 8 N–H and O–H groups in total. The Bertz CT molecular complexity index is 1390. The largest absolute Gasteiger partial charge is 0.481 e. The lowest BCUT2D eigenvalue weighted by Gasteiger charge is -2.29. The van der Waals surface area contributed by atoms with Gasteiger partial charge in [0, 0.05) is 19.3 Å². The summed E-state index contributed by atoms with van der Waals surface area (Å²) in [5, 5.41) is 33.5. The Morgan fingerprint density at radius 2 is 0.783 bits per heavy atom. The summed E-state index contributed by atoms with van der Waals surface area (Å²) in [5.41, 5.74) is 0. The molecule has 0 radical (unpaired) electrons. The maximum atomic E-state index is 13.5. The smallest absolute Gasteiger partial charge is 0.303 e. The number of ketones is 1. The van der Waals surface area contributed by atoms with Crippen LogP contribution in [-0.4, -0.2) is 99.6 Å². The maximum absolute atomic E-state index is 13.5. The highest BCUT2D eigenvalue weighted by molar-refractivity contribution is 5.97. The number of rotatable bonds is 34. The Morgan fingerprint density at radius 1 is 0.417 bits per heavy atom. The van der Waals surface area contributed by atoms with Crippen molar-refractivity contribution in [2.45, 2.75) is 207 Å². The van der Waals surface area contributed by atoms with Crippen LogP contribution < -0.4 is 31.9 Å². The Kier molecular flexibility index (Phi) is 28.9. The summed E-state index contributed by atoms with van der Waals surface area (Å²) in [5.74, 6) is -8.05. The van der Waals surface area contributed by atoms with Crippen LogP contribution in [0.1, 0.15) is 171 Å². The van der Waals surface area contributed by atoms with Crippen LogP contribution in [0.5, 0.6) is 0 Å². The minimum atomic E-state index is -1.45. The van der Waals surface area contributed by atoms with Crippen LogP contribution in [0, 0.1) is 11.8 Å². The number of unbranched alkanes of at least 4 members (excludes halogenated alkanes) is 12. The number of hydrogen-bond donors (Lipinski definition) is 8. The minimum Gasteiger partial charge on any atom is -0.481 e. The van der Waals surface area contributed by atoms with Crippen molar-refractivity contribution in [2.75, 3.05) is 0 Å². The Balaban J connectivity index is 5.18. The molecule has 6 atom stereocenters. The highest BCUT2D eigenvalue weighted by Crippen LogP contribution is 2.14. The zero-order valence-electron chi connectivity index (χ0n) is 37.4. The van der Waals surface area contributed by atoms with Gasteiger partial charge in [-0.1, -0.05) is 112 Å². The molecule has 344 valence electrons. The third-order valence-corrected chi connectivity index (χ3v) is 10.3. The standard InChI is InChI=1S/C43H76N6O11/c1-9-10-11-12-13-14-15-16-17-18-19-20-21-22-34(51)44-29(6)39(56)45-30(7)40(57)48-38(28(4)5)43(60)49-37(27(2)3)42(59)47-33(24-26-36(54)55)41(58)46-32(31(8)50)23-25-35(52)53/h27-30,32-33,37-38H,9-26H2,1-8H3,(H,44,51)(H,45,56)(H,46,58)(H,47,59)(H,48,57)(H,49,60)(H,52,53)(H,54,55)/t29-,30-,32-,33-,37-,38-/m0/s1. The molecule has 17 heteroatoms. The third-order valence-electron chi connectivity index (χ3n) is 10.3. The molecule has 0 heterocycles. The molecule has 17 nitrogen and oxygen atoms in total. The van der Waals surface area contributed by atoms with Gasteiger partial charge in [0.25, 0.3) is 0 Å². The molecule has 0 aromatic heterocycles. The van der Waals surface area contributed by atoms with Gasteiger partial charge in [0.05, 0.1) is 6.04 Å². The van der Waals surface area contributed by atoms with E-state index in [-0.39, 0.29) is 25.2 Å². The zero-order chi connectivity index (χ0) is 45.8. The van der Waals surface area contributed by atoms with Gasteiger partial charge in [-0.3, -0.25) is 43.2 Å². The van der Waals surface area contributed by atoms with Crippen molar-refractivity contribution < 1.29 is 53.4 Å². The molecule has 0 saturated heterocycles. The van der Waals surface area contributed by atoms with Crippen LogP contribution in [0.25, 0.3) is 0 Å². The Morgan fingerprint density at radius 3 is 1.22 bits per heavy atom. The number of hydrogen-bond acceptors (Lipinski definition) is 9. The molecule has 0 aromatic rings. The average molecular weight is 853 g/mol. The van der Waals surface area contributed by atoms with E-state index in [2.05, 4.69) is 38.8 Å². The molecule has 0 spiro atoms. The van der Waals surface area contributed by atoms with Gasteiger partial charge in [-0.2, -0.15) is 0 Å². The van der Waals surface area contributed by atoms with Gasteiger partial charge in [-0.05, 0) is 51.9 Å². The summed E-state index contributed by atoms with van der Waals surface area (Å²) < 4.78 is 0. The number of Topliss-reactive ketones (excluding diaryl/α,β-unsaturated/α-hetero) is 1. The predicted octanol–water partition coefficient (Wildman–Crippen LogP) is 4.05. The molecule has 6 amide bonds. The van der Waals surface area contributed by atoms with Crippen molar-refractivity contribution in [1.29, 1.82) is 0 Å². The molecular formula is C43H76N6O11. The molecule has 0 aliphatic heterocycles. The molecule has 0 aromatic carbocycles. The Labute approximate surface area is 356 Å². The molecule has 0 fully saturated rings. The van der Waals surface area contributed by atoms with Crippen LogP contribution in [0.3, 0.4) is 0 Å². The molecule has 0 aliphatic rings. The molecule has 0 saturated carbocycles. The number of aliphatic carboxylic acids is 2. The third kappa shape index (κ3) is 25.1. The van der Waals surface area contributed by atoms with Crippen LogP contribution in [0.15, 0.2) is 0 Å². The molecular weight excluding hydrogens is 777 g/mol. The second-order valence-corrected chi connectivity index (χ2v) is 16.6. The van der Waals surface area contributed by atoms with Crippen molar-refractivity contribution >= 4 is 53.2 Å². The number of nitrogens with one attached hydrogen (secondary N) is 6. The number of carboxylic acids is 2. The van der Waals surface area contributed by atoms with Crippen molar-refractivity contribution in [1.82, 2.24) is 31.9 Å². The van der Waals surface area contributed by atoms with Crippen molar-refractivity contribution in [2.24, 2.45) is 11.8 Å². The highest BCUT2D eigenvalue weighted by Gasteiger charge is 2.34. The van der Waals surface area contributed by atoms with Crippen molar-refractivity contribution in [3.63, 3.8) is 0 Å². The first-order valence-electron chi connectivity index (χ1n) is 22.0. The average Bonchev–Trinajstić information content (AvgIpc) is 3.16. The van der Waals surface area contributed by atoms with E-state index < -0.39 is 108 Å². The topological polar surface area (TPSA) is 266 Å². The number of carbonyl (C=O) groups excluding carboxylic acids is 7. The number of carbonyl (C=O) groups is 9. The summed E-state index contributed by atoms with van der Waals surface area (Å²) >= 11 is 0. The molecule has 0 aliphatic carbocycles. The van der Waals surface area contributed by atoms with Crippen LogP contribution in [-0.2, 0) is 43.2 Å². The zero-order valence-corrected chi connectivity index (χ0v) is 37.4. The lowest BCUT2D eigenvalue weighted by atomic mass is 9.98. The number of carboxylic acid groups (broad SMARTS) is 2. The molecule has 0 unspecified atom stereocenters. The minimum absolute atomic E-state index is 0.222. The summed E-state index contributed by atoms with van der Waals surface area (Å²) in [4.78, 5) is 113. The van der Waals surface area contributed by atoms with Gasteiger partial charge in [0.2, 0.25) is 35.4 Å². The first kappa shape index (κ1) is 55.4. The van der Waals surface area contributed by atoms with E-state index in [0.717, 1.165) is 26.2 Å². The fraction of sp³-hybridized carbons (Fsp3) is 0.791. The quantitative estimate of drug-likeness (QED) is 0.0428. The van der Waals surface area contributed by atoms with Gasteiger partial charge in [-0.25, -0.2) is 0 Å². The second-order valence-electron chi connectivity index (χ2n) is 16.6. The monoisotopic (exact) mass is 853 g/mol. The maximum Gasteiger partial charge on any atom is 0.303 e. The fourth-order valence-electron chi connectivity index (χ4n) is 6.39. The van der Waals surface area contributed by atoms with Gasteiger partial charge in [-0.15, -0.1) is 0 Å². The van der Waals surface area contributed by atoms with Crippen molar-refractivity contribution in [3.05, 3.63) is 0 Å². The predicted molar refractivity (Wildman–Crippen MR) is 227 cm³/mol. The first-order valence-corrected chi connectivity index (χ1v) is 22.0. The van der Waals surface area contributed by atoms with E-state index in [1.54, 1.807) is 27.7 Å². The van der Waals surface area contributed by atoms with Gasteiger partial charge in [0.1, 0.15) is 30.2 Å². The summed E-state index contributed by atoms with van der Waals surface area (Å²) in [6.45, 7) is 12.9. The lowest BCUT2D eigenvalue weighted by molar-refractivity contribution is -0.139. The first-order chi connectivity index (χ1) is 28.2. The van der Waals surface area contributed by atoms with E-state index in [9.17, 15) is 48.3 Å². The van der Waals surface area contributed by atoms with Crippen LogP contribution >= 0.6 is 0 Å². The van der Waals surface area contributed by atoms with E-state index in [1.807, 2.05) is 0 Å². The fourth-order valence-corrected chi connectivity index (χ4v) is 6.39. The van der Waals surface area contributed by atoms with Gasteiger partial charge in [0.15, 0.2) is 5.78 Å². The normalized spacial score (nSPS) is 14.2. The van der Waals surface area contributed by atoms with Crippen LogP contribution in [0.2, 0.25) is 0 Å². The van der Waals surface area contributed by atoms with Crippen LogP contribution in [0.4, 0.5) is 0 Å². The van der Waals surface area contributed by atoms with Gasteiger partial charge < -0.3 is 42.1 Å². The summed E-state index contributed by atoms with van der Waals surface area (Å²) in [7, 11) is 0. The molecule has 60 heavy (non-hydrogen) atoms. The van der Waals surface area contributed by atoms with Crippen molar-refractivity contribution in [3.8, 4) is 0 Å². The highest BCUT2D eigenvalue weighted by atomic mass is 16.4. The summed E-state index contributed by atoms with van der Waals surface area (Å²) in [6.07, 6.45) is 14.2. The SMILES string of the molecule is CCCCCCCCCCCCCCCC(=O)N[C@@H](C)C(=O)N[C@@H](C)C(=O)N[C@H](C(=O)N[C@H](C(=O)N[C@@H](CCC(=O)O)C(=O)N[C@@H](CCC(=O)O)C(C)=O)C(C)C)C(C)C. The van der Waals surface area contributed by atoms with Gasteiger partial charge >= 0.3 is 11.9 Å².